The van der Waals surface area contributed by atoms with Crippen LogP contribution in [0, 0.1) is 6.92 Å². The molecule has 26 heavy (non-hydrogen) atoms. The van der Waals surface area contributed by atoms with Gasteiger partial charge in [0.15, 0.2) is 0 Å². The van der Waals surface area contributed by atoms with Crippen molar-refractivity contribution < 1.29 is 19.2 Å². The standard InChI is InChI=1S/C18H21N3O5/c1-12-15(17(24)20-26-12)16(23)19-10-18(25)7-8-21(11-18)14(22)9-13-5-3-2-4-6-13/h2-6,25H,7-11H2,1H3,(H,19,23)(H,20,24). The van der Waals surface area contributed by atoms with Crippen LogP contribution in [0.3, 0.4) is 0 Å². The summed E-state index contributed by atoms with van der Waals surface area (Å²) in [6.07, 6.45) is 0.626. The first-order valence-electron chi connectivity index (χ1n) is 8.38. The number of aromatic amines is 1. The normalized spacial score (nSPS) is 19.5. The van der Waals surface area contributed by atoms with Crippen LogP contribution in [0.25, 0.3) is 0 Å². The number of H-pyrrole nitrogens is 1. The minimum Gasteiger partial charge on any atom is -0.386 e. The Morgan fingerprint density at radius 1 is 1.35 bits per heavy atom. The zero-order valence-electron chi connectivity index (χ0n) is 14.4. The summed E-state index contributed by atoms with van der Waals surface area (Å²) >= 11 is 0. The fourth-order valence-corrected chi connectivity index (χ4v) is 3.08. The van der Waals surface area contributed by atoms with E-state index in [0.29, 0.717) is 13.0 Å². The molecule has 0 saturated carbocycles. The van der Waals surface area contributed by atoms with Crippen molar-refractivity contribution in [3.63, 3.8) is 0 Å². The van der Waals surface area contributed by atoms with E-state index in [9.17, 15) is 19.5 Å². The maximum absolute atomic E-state index is 12.4. The highest BCUT2D eigenvalue weighted by atomic mass is 16.5. The fraction of sp³-hybridized carbons (Fsp3) is 0.389. The molecule has 1 saturated heterocycles. The molecule has 2 amide bonds. The summed E-state index contributed by atoms with van der Waals surface area (Å²) in [5.41, 5.74) is -1.02. The molecule has 1 aromatic carbocycles. The molecule has 1 aliphatic heterocycles. The fourth-order valence-electron chi connectivity index (χ4n) is 3.08. The van der Waals surface area contributed by atoms with Gasteiger partial charge in [-0.05, 0) is 18.9 Å². The molecule has 1 fully saturated rings. The van der Waals surface area contributed by atoms with Gasteiger partial charge in [0.2, 0.25) is 5.91 Å². The molecule has 2 aromatic rings. The number of hydrogen-bond acceptors (Lipinski definition) is 5. The van der Waals surface area contributed by atoms with Crippen molar-refractivity contribution in [2.45, 2.75) is 25.4 Å². The summed E-state index contributed by atoms with van der Waals surface area (Å²) in [4.78, 5) is 37.6. The van der Waals surface area contributed by atoms with Gasteiger partial charge in [0.1, 0.15) is 16.9 Å². The number of benzene rings is 1. The maximum Gasteiger partial charge on any atom is 0.293 e. The quantitative estimate of drug-likeness (QED) is 0.706. The van der Waals surface area contributed by atoms with E-state index in [1.807, 2.05) is 30.3 Å². The van der Waals surface area contributed by atoms with Crippen molar-refractivity contribution in [3.8, 4) is 0 Å². The molecule has 0 spiro atoms. The van der Waals surface area contributed by atoms with E-state index >= 15 is 0 Å². The van der Waals surface area contributed by atoms with Crippen molar-refractivity contribution in [2.24, 2.45) is 0 Å². The summed E-state index contributed by atoms with van der Waals surface area (Å²) in [7, 11) is 0. The third kappa shape index (κ3) is 3.85. The number of nitrogens with one attached hydrogen (secondary N) is 2. The third-order valence-electron chi connectivity index (χ3n) is 4.56. The molecule has 8 nitrogen and oxygen atoms in total. The molecule has 1 atom stereocenters. The minimum atomic E-state index is -1.22. The van der Waals surface area contributed by atoms with Crippen molar-refractivity contribution >= 4 is 11.8 Å². The second-order valence-corrected chi connectivity index (χ2v) is 6.60. The van der Waals surface area contributed by atoms with Gasteiger partial charge in [-0.2, -0.15) is 5.16 Å². The largest absolute Gasteiger partial charge is 0.386 e. The molecule has 138 valence electrons. The lowest BCUT2D eigenvalue weighted by Crippen LogP contribution is -2.46. The van der Waals surface area contributed by atoms with Gasteiger partial charge in [-0.25, -0.2) is 0 Å². The zero-order valence-corrected chi connectivity index (χ0v) is 14.4. The van der Waals surface area contributed by atoms with Crippen molar-refractivity contribution in [2.75, 3.05) is 19.6 Å². The lowest BCUT2D eigenvalue weighted by atomic mass is 10.0. The van der Waals surface area contributed by atoms with Crippen LogP contribution in [-0.2, 0) is 11.2 Å². The number of carbonyl (C=O) groups is 2. The van der Waals surface area contributed by atoms with Gasteiger partial charge in [0, 0.05) is 13.1 Å². The van der Waals surface area contributed by atoms with Crippen molar-refractivity contribution in [3.05, 3.63) is 57.6 Å². The lowest BCUT2D eigenvalue weighted by Gasteiger charge is -2.23. The van der Waals surface area contributed by atoms with E-state index in [0.717, 1.165) is 5.56 Å². The average molecular weight is 359 g/mol. The molecule has 0 radical (unpaired) electrons. The van der Waals surface area contributed by atoms with Crippen LogP contribution in [0.15, 0.2) is 39.6 Å². The van der Waals surface area contributed by atoms with E-state index < -0.39 is 17.1 Å². The Kier molecular flexibility index (Phi) is 4.94. The van der Waals surface area contributed by atoms with Crippen molar-refractivity contribution in [1.29, 1.82) is 0 Å². The van der Waals surface area contributed by atoms with Gasteiger partial charge in [0.05, 0.1) is 13.0 Å². The maximum atomic E-state index is 12.4. The van der Waals surface area contributed by atoms with E-state index in [1.165, 1.54) is 6.92 Å². The molecule has 1 aromatic heterocycles. The molecule has 3 N–H and O–H groups in total. The van der Waals surface area contributed by atoms with E-state index in [-0.39, 0.29) is 36.7 Å². The Labute approximate surface area is 149 Å². The molecule has 1 unspecified atom stereocenters. The number of aromatic nitrogens is 1. The number of carbonyl (C=O) groups excluding carboxylic acids is 2. The first-order valence-corrected chi connectivity index (χ1v) is 8.38. The molecule has 0 aliphatic carbocycles. The Balaban J connectivity index is 1.56. The predicted molar refractivity (Wildman–Crippen MR) is 92.7 cm³/mol. The molecular formula is C18H21N3O5. The first-order chi connectivity index (χ1) is 12.4. The van der Waals surface area contributed by atoms with Gasteiger partial charge in [-0.15, -0.1) is 0 Å². The summed E-state index contributed by atoms with van der Waals surface area (Å²) in [5.74, 6) is -0.494. The van der Waals surface area contributed by atoms with Crippen LogP contribution in [0.5, 0.6) is 0 Å². The molecule has 8 heteroatoms. The summed E-state index contributed by atoms with van der Waals surface area (Å²) < 4.78 is 4.80. The average Bonchev–Trinajstić information content (AvgIpc) is 3.17. The smallest absolute Gasteiger partial charge is 0.293 e. The van der Waals surface area contributed by atoms with Crippen LogP contribution in [0.2, 0.25) is 0 Å². The van der Waals surface area contributed by atoms with E-state index in [4.69, 9.17) is 4.52 Å². The molecule has 3 rings (SSSR count). The third-order valence-corrected chi connectivity index (χ3v) is 4.56. The topological polar surface area (TPSA) is 116 Å². The Bertz CT molecular complexity index is 857. The highest BCUT2D eigenvalue weighted by molar-refractivity contribution is 5.94. The Morgan fingerprint density at radius 3 is 2.73 bits per heavy atom. The number of hydrogen-bond donors (Lipinski definition) is 3. The van der Waals surface area contributed by atoms with Crippen LogP contribution in [0.4, 0.5) is 0 Å². The van der Waals surface area contributed by atoms with E-state index in [1.54, 1.807) is 4.90 Å². The number of aliphatic hydroxyl groups is 1. The number of aryl methyl sites for hydroxylation is 1. The predicted octanol–water partition coefficient (Wildman–Crippen LogP) is 0.212. The highest BCUT2D eigenvalue weighted by Crippen LogP contribution is 2.21. The summed E-state index contributed by atoms with van der Waals surface area (Å²) in [6, 6.07) is 9.39. The number of likely N-dealkylation sites (tertiary alicyclic amines) is 1. The monoisotopic (exact) mass is 359 g/mol. The van der Waals surface area contributed by atoms with Gasteiger partial charge in [0.25, 0.3) is 11.5 Å². The Hall–Kier alpha value is -2.87. The summed E-state index contributed by atoms with van der Waals surface area (Å²) in [5, 5.41) is 15.3. The number of rotatable bonds is 5. The number of β-amino-alcohol motifs (C(OH)–C–C–N with tert-alkyl or cyclic N) is 1. The molecule has 1 aliphatic rings. The van der Waals surface area contributed by atoms with Crippen molar-refractivity contribution in [1.82, 2.24) is 15.4 Å². The van der Waals surface area contributed by atoms with Crippen LogP contribution in [-0.4, -0.2) is 52.2 Å². The van der Waals surface area contributed by atoms with Gasteiger partial charge in [-0.3, -0.25) is 14.4 Å². The first kappa shape index (κ1) is 17.9. The second kappa shape index (κ2) is 7.17. The van der Waals surface area contributed by atoms with Gasteiger partial charge >= 0.3 is 0 Å². The highest BCUT2D eigenvalue weighted by Gasteiger charge is 2.38. The van der Waals surface area contributed by atoms with E-state index in [2.05, 4.69) is 10.5 Å². The van der Waals surface area contributed by atoms with Gasteiger partial charge < -0.3 is 19.8 Å². The zero-order chi connectivity index (χ0) is 18.7. The van der Waals surface area contributed by atoms with Crippen LogP contribution in [0.1, 0.15) is 28.1 Å². The molecule has 2 heterocycles. The molecular weight excluding hydrogens is 338 g/mol. The summed E-state index contributed by atoms with van der Waals surface area (Å²) in [6.45, 7) is 2.01. The van der Waals surface area contributed by atoms with Gasteiger partial charge in [-0.1, -0.05) is 30.3 Å². The SMILES string of the molecule is Cc1o[nH]c(=O)c1C(=O)NCC1(O)CCN(C(=O)Cc2ccccc2)C1. The Morgan fingerprint density at radius 2 is 2.08 bits per heavy atom. The molecule has 0 bridgehead atoms. The van der Waals surface area contributed by atoms with Crippen LogP contribution < -0.4 is 10.9 Å². The number of amides is 2. The lowest BCUT2D eigenvalue weighted by molar-refractivity contribution is -0.130. The number of nitrogens with zero attached hydrogens (tertiary/aromatic N) is 1. The van der Waals surface area contributed by atoms with Crippen LogP contribution >= 0.6 is 0 Å². The second-order valence-electron chi connectivity index (χ2n) is 6.60. The minimum absolute atomic E-state index is 0.0506.